The SMILES string of the molecule is CC(=O)Nc1ccnn1C1CCN(Cc2ccc(C3CCCCC3)s2)CC1. The lowest BCUT2D eigenvalue weighted by atomic mass is 9.88. The highest BCUT2D eigenvalue weighted by molar-refractivity contribution is 7.12. The van der Waals surface area contributed by atoms with Gasteiger partial charge in [-0.2, -0.15) is 5.10 Å². The van der Waals surface area contributed by atoms with E-state index >= 15 is 0 Å². The van der Waals surface area contributed by atoms with Crippen LogP contribution in [-0.4, -0.2) is 33.7 Å². The molecular weight excluding hydrogens is 356 g/mol. The number of nitrogens with zero attached hydrogens (tertiary/aromatic N) is 3. The number of anilines is 1. The van der Waals surface area contributed by atoms with Crippen LogP contribution in [0.1, 0.15) is 73.6 Å². The summed E-state index contributed by atoms with van der Waals surface area (Å²) in [6, 6.07) is 6.99. The van der Waals surface area contributed by atoms with Gasteiger partial charge in [-0.05, 0) is 43.7 Å². The number of hydrogen-bond donors (Lipinski definition) is 1. The average molecular weight is 387 g/mol. The van der Waals surface area contributed by atoms with E-state index in [0.717, 1.165) is 44.2 Å². The van der Waals surface area contributed by atoms with Gasteiger partial charge in [0.15, 0.2) is 0 Å². The summed E-state index contributed by atoms with van der Waals surface area (Å²) in [6.45, 7) is 4.78. The number of rotatable bonds is 5. The molecule has 1 N–H and O–H groups in total. The van der Waals surface area contributed by atoms with Crippen LogP contribution in [0.5, 0.6) is 0 Å². The monoisotopic (exact) mass is 386 g/mol. The third-order valence-electron chi connectivity index (χ3n) is 5.95. The van der Waals surface area contributed by atoms with Crippen molar-refractivity contribution >= 4 is 23.1 Å². The van der Waals surface area contributed by atoms with Crippen molar-refractivity contribution in [1.82, 2.24) is 14.7 Å². The predicted octanol–water partition coefficient (Wildman–Crippen LogP) is 4.79. The Labute approximate surface area is 165 Å². The molecule has 0 radical (unpaired) electrons. The molecule has 3 heterocycles. The first-order valence-electron chi connectivity index (χ1n) is 10.3. The molecule has 4 rings (SSSR count). The molecule has 1 aliphatic carbocycles. The summed E-state index contributed by atoms with van der Waals surface area (Å²) in [5.74, 6) is 1.59. The normalized spacial score (nSPS) is 20.0. The zero-order valence-electron chi connectivity index (χ0n) is 16.2. The molecule has 0 bridgehead atoms. The summed E-state index contributed by atoms with van der Waals surface area (Å²) in [5.41, 5.74) is 0. The van der Waals surface area contributed by atoms with Crippen LogP contribution in [0.2, 0.25) is 0 Å². The molecule has 0 unspecified atom stereocenters. The van der Waals surface area contributed by atoms with Gasteiger partial charge < -0.3 is 5.32 Å². The van der Waals surface area contributed by atoms with Gasteiger partial charge in [-0.25, -0.2) is 4.68 Å². The van der Waals surface area contributed by atoms with Crippen LogP contribution in [0, 0.1) is 0 Å². The van der Waals surface area contributed by atoms with Crippen LogP contribution in [0.15, 0.2) is 24.4 Å². The van der Waals surface area contributed by atoms with Crippen LogP contribution >= 0.6 is 11.3 Å². The van der Waals surface area contributed by atoms with Crippen molar-refractivity contribution in [3.8, 4) is 0 Å². The summed E-state index contributed by atoms with van der Waals surface area (Å²) >= 11 is 2.03. The average Bonchev–Trinajstić information content (AvgIpc) is 3.32. The minimum Gasteiger partial charge on any atom is -0.311 e. The standard InChI is InChI=1S/C21H30N4OS/c1-16(26)23-21-9-12-22-25(21)18-10-13-24(14-11-18)15-19-7-8-20(27-19)17-5-3-2-4-6-17/h7-9,12,17-18H,2-6,10-11,13-15H2,1H3,(H,23,26). The van der Waals surface area contributed by atoms with Gasteiger partial charge in [0.05, 0.1) is 12.2 Å². The number of carbonyl (C=O) groups is 1. The molecule has 0 aromatic carbocycles. The Bertz CT molecular complexity index is 754. The van der Waals surface area contributed by atoms with Crippen molar-refractivity contribution in [2.24, 2.45) is 0 Å². The molecule has 1 saturated heterocycles. The molecule has 6 heteroatoms. The Morgan fingerprint density at radius 1 is 1.15 bits per heavy atom. The number of thiophene rings is 1. The van der Waals surface area contributed by atoms with E-state index in [1.165, 1.54) is 37.0 Å². The zero-order valence-corrected chi connectivity index (χ0v) is 17.0. The third kappa shape index (κ3) is 4.61. The van der Waals surface area contributed by atoms with E-state index < -0.39 is 0 Å². The van der Waals surface area contributed by atoms with Crippen LogP contribution < -0.4 is 5.32 Å². The molecule has 0 spiro atoms. The fraction of sp³-hybridized carbons (Fsp3) is 0.619. The molecular formula is C21H30N4OS. The van der Waals surface area contributed by atoms with Crippen molar-refractivity contribution in [1.29, 1.82) is 0 Å². The van der Waals surface area contributed by atoms with E-state index in [-0.39, 0.29) is 5.91 Å². The number of likely N-dealkylation sites (tertiary alicyclic amines) is 1. The van der Waals surface area contributed by atoms with E-state index in [1.807, 2.05) is 22.1 Å². The van der Waals surface area contributed by atoms with E-state index in [0.29, 0.717) is 6.04 Å². The van der Waals surface area contributed by atoms with Crippen molar-refractivity contribution in [2.45, 2.75) is 70.4 Å². The van der Waals surface area contributed by atoms with Crippen molar-refractivity contribution < 1.29 is 4.79 Å². The minimum atomic E-state index is -0.0411. The van der Waals surface area contributed by atoms with Gasteiger partial charge in [0, 0.05) is 42.4 Å². The first-order valence-corrected chi connectivity index (χ1v) is 11.1. The molecule has 2 aliphatic rings. The first-order chi connectivity index (χ1) is 13.2. The largest absolute Gasteiger partial charge is 0.311 e. The zero-order chi connectivity index (χ0) is 18.6. The third-order valence-corrected chi connectivity index (χ3v) is 7.18. The van der Waals surface area contributed by atoms with E-state index in [9.17, 15) is 4.79 Å². The molecule has 2 aromatic heterocycles. The second-order valence-electron chi connectivity index (χ2n) is 7.99. The quantitative estimate of drug-likeness (QED) is 0.804. The summed E-state index contributed by atoms with van der Waals surface area (Å²) in [6.07, 6.45) is 10.9. The lowest BCUT2D eigenvalue weighted by Crippen LogP contribution is -2.34. The van der Waals surface area contributed by atoms with Gasteiger partial charge in [-0.3, -0.25) is 9.69 Å². The lowest BCUT2D eigenvalue weighted by molar-refractivity contribution is -0.114. The lowest BCUT2D eigenvalue weighted by Gasteiger charge is -2.32. The highest BCUT2D eigenvalue weighted by atomic mass is 32.1. The van der Waals surface area contributed by atoms with Crippen molar-refractivity contribution in [2.75, 3.05) is 18.4 Å². The second kappa shape index (κ2) is 8.57. The van der Waals surface area contributed by atoms with Crippen molar-refractivity contribution in [3.63, 3.8) is 0 Å². The topological polar surface area (TPSA) is 50.2 Å². The number of nitrogens with one attached hydrogen (secondary N) is 1. The molecule has 2 aromatic rings. The summed E-state index contributed by atoms with van der Waals surface area (Å²) in [4.78, 5) is 17.0. The second-order valence-corrected chi connectivity index (χ2v) is 9.19. The molecule has 1 aliphatic heterocycles. The molecule has 5 nitrogen and oxygen atoms in total. The number of hydrogen-bond acceptors (Lipinski definition) is 4. The van der Waals surface area contributed by atoms with Gasteiger partial charge in [0.25, 0.3) is 0 Å². The molecule has 27 heavy (non-hydrogen) atoms. The minimum absolute atomic E-state index is 0.0411. The summed E-state index contributed by atoms with van der Waals surface area (Å²) < 4.78 is 1.99. The smallest absolute Gasteiger partial charge is 0.222 e. The Morgan fingerprint density at radius 2 is 1.93 bits per heavy atom. The van der Waals surface area contributed by atoms with Gasteiger partial charge in [-0.15, -0.1) is 11.3 Å². The van der Waals surface area contributed by atoms with Gasteiger partial charge in [0.2, 0.25) is 5.91 Å². The molecule has 1 amide bonds. The first kappa shape index (κ1) is 18.7. The Hall–Kier alpha value is -1.66. The summed E-state index contributed by atoms with van der Waals surface area (Å²) in [7, 11) is 0. The predicted molar refractivity (Wildman–Crippen MR) is 110 cm³/mol. The number of amides is 1. The van der Waals surface area contributed by atoms with Gasteiger partial charge in [0.1, 0.15) is 5.82 Å². The van der Waals surface area contributed by atoms with Crippen LogP contribution in [-0.2, 0) is 11.3 Å². The van der Waals surface area contributed by atoms with Crippen LogP contribution in [0.4, 0.5) is 5.82 Å². The Kier molecular flexibility index (Phi) is 5.93. The van der Waals surface area contributed by atoms with E-state index in [2.05, 4.69) is 27.4 Å². The highest BCUT2D eigenvalue weighted by Gasteiger charge is 2.24. The Balaban J connectivity index is 1.30. The van der Waals surface area contributed by atoms with Crippen molar-refractivity contribution in [3.05, 3.63) is 34.2 Å². The maximum atomic E-state index is 11.4. The van der Waals surface area contributed by atoms with E-state index in [1.54, 1.807) is 18.0 Å². The fourth-order valence-electron chi connectivity index (χ4n) is 4.51. The fourth-order valence-corrected chi connectivity index (χ4v) is 5.74. The summed E-state index contributed by atoms with van der Waals surface area (Å²) in [5, 5.41) is 7.33. The van der Waals surface area contributed by atoms with Gasteiger partial charge in [-0.1, -0.05) is 19.3 Å². The molecule has 0 atom stereocenters. The maximum Gasteiger partial charge on any atom is 0.222 e. The number of carbonyl (C=O) groups excluding carboxylic acids is 1. The Morgan fingerprint density at radius 3 is 2.67 bits per heavy atom. The van der Waals surface area contributed by atoms with Crippen LogP contribution in [0.3, 0.4) is 0 Å². The number of aromatic nitrogens is 2. The molecule has 1 saturated carbocycles. The highest BCUT2D eigenvalue weighted by Crippen LogP contribution is 2.37. The van der Waals surface area contributed by atoms with Crippen LogP contribution in [0.25, 0.3) is 0 Å². The van der Waals surface area contributed by atoms with E-state index in [4.69, 9.17) is 0 Å². The number of piperidine rings is 1. The van der Waals surface area contributed by atoms with Gasteiger partial charge >= 0.3 is 0 Å². The molecule has 2 fully saturated rings. The molecule has 146 valence electrons. The maximum absolute atomic E-state index is 11.4.